The van der Waals surface area contributed by atoms with Gasteiger partial charge in [0.1, 0.15) is 0 Å². The first-order valence-electron chi connectivity index (χ1n) is 9.43. The highest BCUT2D eigenvalue weighted by atomic mass is 16.4. The Kier molecular flexibility index (Phi) is 4.78. The third kappa shape index (κ3) is 3.51. The summed E-state index contributed by atoms with van der Waals surface area (Å²) in [7, 11) is 2.13. The molecule has 1 saturated heterocycles. The number of likely N-dealkylation sites (N-methyl/N-ethyl adjacent to an activating group) is 1. The Labute approximate surface area is 158 Å². The number of fused-ring (bicyclic) bond motifs is 1. The number of oxazole rings is 1. The largest absolute Gasteiger partial charge is 0.422 e. The van der Waals surface area contributed by atoms with Crippen LogP contribution in [0.1, 0.15) is 30.9 Å². The number of rotatable bonds is 4. The lowest BCUT2D eigenvalue weighted by atomic mass is 9.97. The zero-order chi connectivity index (χ0) is 18.8. The summed E-state index contributed by atoms with van der Waals surface area (Å²) < 4.78 is 5.84. The van der Waals surface area contributed by atoms with Crippen molar-refractivity contribution in [3.63, 3.8) is 0 Å². The van der Waals surface area contributed by atoms with Crippen molar-refractivity contribution in [2.75, 3.05) is 25.5 Å². The van der Waals surface area contributed by atoms with E-state index in [-0.39, 0.29) is 0 Å². The smallest absolute Gasteiger partial charge is 0.297 e. The Hall–Kier alpha value is -2.91. The molecule has 1 fully saturated rings. The van der Waals surface area contributed by atoms with Gasteiger partial charge in [-0.25, -0.2) is 4.98 Å². The fraction of sp³-hybridized carbons (Fsp3) is 0.381. The fourth-order valence-electron chi connectivity index (χ4n) is 3.80. The van der Waals surface area contributed by atoms with Gasteiger partial charge in [-0.15, -0.1) is 0 Å². The molecule has 4 rings (SSSR count). The maximum Gasteiger partial charge on any atom is 0.297 e. The number of hydrogen-bond acceptors (Lipinski definition) is 6. The lowest BCUT2D eigenvalue weighted by molar-refractivity contribution is 0.259. The Balaban J connectivity index is 1.65. The number of piperidine rings is 1. The average Bonchev–Trinajstić information content (AvgIpc) is 3.08. The third-order valence-corrected chi connectivity index (χ3v) is 5.13. The van der Waals surface area contributed by atoms with Gasteiger partial charge in [-0.2, -0.15) is 10.2 Å². The zero-order valence-electron chi connectivity index (χ0n) is 15.7. The van der Waals surface area contributed by atoms with Crippen molar-refractivity contribution in [2.45, 2.75) is 32.2 Å². The Morgan fingerprint density at radius 1 is 1.30 bits per heavy atom. The number of benzene rings is 1. The van der Waals surface area contributed by atoms with Gasteiger partial charge in [-0.1, -0.05) is 19.1 Å². The molecule has 3 aromatic rings. The maximum absolute atomic E-state index is 9.36. The lowest BCUT2D eigenvalue weighted by Gasteiger charge is -2.29. The van der Waals surface area contributed by atoms with Crippen LogP contribution in [0.3, 0.4) is 0 Å². The molecule has 1 aromatic carbocycles. The molecule has 0 aliphatic carbocycles. The SMILES string of the molecule is CCc1c(C#N)cccc1-c1ccc2oc(N[C@@H]3CCCN(C)C3)nc2n1. The van der Waals surface area contributed by atoms with Crippen molar-refractivity contribution in [3.8, 4) is 17.3 Å². The van der Waals surface area contributed by atoms with Crippen LogP contribution >= 0.6 is 0 Å². The summed E-state index contributed by atoms with van der Waals surface area (Å²) in [4.78, 5) is 11.6. The predicted octanol–water partition coefficient (Wildman–Crippen LogP) is 3.83. The summed E-state index contributed by atoms with van der Waals surface area (Å²) >= 11 is 0. The van der Waals surface area contributed by atoms with Crippen LogP contribution in [0.5, 0.6) is 0 Å². The van der Waals surface area contributed by atoms with Crippen LogP contribution in [0.2, 0.25) is 0 Å². The molecule has 0 radical (unpaired) electrons. The van der Waals surface area contributed by atoms with Crippen molar-refractivity contribution in [1.82, 2.24) is 14.9 Å². The summed E-state index contributed by atoms with van der Waals surface area (Å²) in [5.74, 6) is 0. The molecule has 1 atom stereocenters. The second-order valence-electron chi connectivity index (χ2n) is 7.08. The Morgan fingerprint density at radius 3 is 2.96 bits per heavy atom. The number of likely N-dealkylation sites (tertiary alicyclic amines) is 1. The van der Waals surface area contributed by atoms with E-state index in [9.17, 15) is 5.26 Å². The molecule has 1 aliphatic heterocycles. The summed E-state index contributed by atoms with van der Waals surface area (Å²) in [6, 6.07) is 12.7. The van der Waals surface area contributed by atoms with Crippen molar-refractivity contribution >= 4 is 17.2 Å². The van der Waals surface area contributed by atoms with Gasteiger partial charge < -0.3 is 14.6 Å². The normalized spacial score (nSPS) is 17.7. The molecule has 0 amide bonds. The molecule has 1 N–H and O–H groups in total. The second kappa shape index (κ2) is 7.37. The molecule has 27 heavy (non-hydrogen) atoms. The van der Waals surface area contributed by atoms with Crippen LogP contribution in [0, 0.1) is 11.3 Å². The molecule has 6 heteroatoms. The van der Waals surface area contributed by atoms with E-state index in [0.717, 1.165) is 42.8 Å². The van der Waals surface area contributed by atoms with Crippen LogP contribution < -0.4 is 5.32 Å². The standard InChI is InChI=1S/C21H23N5O/c1-3-16-14(12-22)6-4-8-17(16)18-9-10-19-20(24-18)25-21(27-19)23-15-7-5-11-26(2)13-15/h4,6,8-10,15H,3,5,7,11,13H2,1-2H3,(H,23,24,25)/t15-/m1/s1. The van der Waals surface area contributed by atoms with E-state index in [1.807, 2.05) is 30.3 Å². The fourth-order valence-corrected chi connectivity index (χ4v) is 3.80. The number of anilines is 1. The van der Waals surface area contributed by atoms with Crippen LogP contribution in [0.25, 0.3) is 22.5 Å². The monoisotopic (exact) mass is 361 g/mol. The molecular formula is C21H23N5O. The number of pyridine rings is 1. The summed E-state index contributed by atoms with van der Waals surface area (Å²) in [6.45, 7) is 4.17. The molecule has 0 bridgehead atoms. The molecule has 138 valence electrons. The van der Waals surface area contributed by atoms with Crippen molar-refractivity contribution < 1.29 is 4.42 Å². The van der Waals surface area contributed by atoms with Crippen molar-refractivity contribution in [3.05, 3.63) is 41.5 Å². The van der Waals surface area contributed by atoms with E-state index in [0.29, 0.717) is 28.9 Å². The second-order valence-corrected chi connectivity index (χ2v) is 7.08. The average molecular weight is 361 g/mol. The van der Waals surface area contributed by atoms with Crippen LogP contribution in [0.4, 0.5) is 6.01 Å². The number of nitrogens with zero attached hydrogens (tertiary/aromatic N) is 4. The quantitative estimate of drug-likeness (QED) is 0.761. The minimum atomic E-state index is 0.343. The number of nitriles is 1. The molecular weight excluding hydrogens is 338 g/mol. The first-order valence-corrected chi connectivity index (χ1v) is 9.43. The van der Waals surface area contributed by atoms with Gasteiger partial charge in [0.15, 0.2) is 5.58 Å². The van der Waals surface area contributed by atoms with Gasteiger partial charge in [-0.05, 0) is 56.6 Å². The van der Waals surface area contributed by atoms with Gasteiger partial charge in [-0.3, -0.25) is 0 Å². The lowest BCUT2D eigenvalue weighted by Crippen LogP contribution is -2.39. The van der Waals surface area contributed by atoms with Gasteiger partial charge in [0.25, 0.3) is 6.01 Å². The number of hydrogen-bond donors (Lipinski definition) is 1. The van der Waals surface area contributed by atoms with Crippen LogP contribution in [-0.4, -0.2) is 41.0 Å². The summed E-state index contributed by atoms with van der Waals surface area (Å²) in [5.41, 5.74) is 4.75. The third-order valence-electron chi connectivity index (χ3n) is 5.13. The number of aromatic nitrogens is 2. The van der Waals surface area contributed by atoms with E-state index in [4.69, 9.17) is 9.40 Å². The van der Waals surface area contributed by atoms with Crippen LogP contribution in [-0.2, 0) is 6.42 Å². The Bertz CT molecular complexity index is 1000. The maximum atomic E-state index is 9.36. The molecule has 3 heterocycles. The van der Waals surface area contributed by atoms with E-state index in [2.05, 4.69) is 35.2 Å². The Morgan fingerprint density at radius 2 is 2.19 bits per heavy atom. The molecule has 0 spiro atoms. The highest BCUT2D eigenvalue weighted by Crippen LogP contribution is 2.28. The van der Waals surface area contributed by atoms with Crippen molar-refractivity contribution in [2.24, 2.45) is 0 Å². The minimum absolute atomic E-state index is 0.343. The van der Waals surface area contributed by atoms with Gasteiger partial charge in [0, 0.05) is 18.2 Å². The van der Waals surface area contributed by atoms with Gasteiger partial charge in [0.2, 0.25) is 5.65 Å². The van der Waals surface area contributed by atoms with Gasteiger partial charge in [0.05, 0.1) is 17.3 Å². The van der Waals surface area contributed by atoms with E-state index >= 15 is 0 Å². The molecule has 2 aromatic heterocycles. The summed E-state index contributed by atoms with van der Waals surface area (Å²) in [6.07, 6.45) is 3.06. The number of nitrogens with one attached hydrogen (secondary N) is 1. The van der Waals surface area contributed by atoms with Crippen LogP contribution in [0.15, 0.2) is 34.7 Å². The predicted molar refractivity (Wildman–Crippen MR) is 105 cm³/mol. The van der Waals surface area contributed by atoms with Crippen molar-refractivity contribution in [1.29, 1.82) is 5.26 Å². The summed E-state index contributed by atoms with van der Waals surface area (Å²) in [5, 5.41) is 12.8. The topological polar surface area (TPSA) is 78.0 Å². The molecule has 6 nitrogen and oxygen atoms in total. The first-order chi connectivity index (χ1) is 13.2. The highest BCUT2D eigenvalue weighted by molar-refractivity contribution is 5.76. The molecule has 1 aliphatic rings. The van der Waals surface area contributed by atoms with E-state index in [1.165, 1.54) is 6.42 Å². The first kappa shape index (κ1) is 17.5. The zero-order valence-corrected chi connectivity index (χ0v) is 15.7. The molecule has 0 unspecified atom stereocenters. The minimum Gasteiger partial charge on any atom is -0.422 e. The van der Waals surface area contributed by atoms with E-state index in [1.54, 1.807) is 0 Å². The molecule has 0 saturated carbocycles. The van der Waals surface area contributed by atoms with E-state index < -0.39 is 0 Å². The van der Waals surface area contributed by atoms with Gasteiger partial charge >= 0.3 is 0 Å². The highest BCUT2D eigenvalue weighted by Gasteiger charge is 2.19.